The van der Waals surface area contributed by atoms with Crippen molar-refractivity contribution in [3.63, 3.8) is 0 Å². The smallest absolute Gasteiger partial charge is 0.0183 e. The summed E-state index contributed by atoms with van der Waals surface area (Å²) in [6.45, 7) is 4.14. The van der Waals surface area contributed by atoms with Crippen LogP contribution in [-0.4, -0.2) is 6.21 Å². The minimum atomic E-state index is 0.454. The first-order valence-corrected chi connectivity index (χ1v) is 5.18. The number of hydrogen-bond donors (Lipinski definition) is 1. The lowest BCUT2D eigenvalue weighted by molar-refractivity contribution is 0.943. The maximum Gasteiger partial charge on any atom is 0.0183 e. The second kappa shape index (κ2) is 5.97. The minimum absolute atomic E-state index is 0.454. The molecule has 78 valence electrons. The zero-order valence-corrected chi connectivity index (χ0v) is 9.27. The van der Waals surface area contributed by atoms with E-state index in [0.29, 0.717) is 5.92 Å². The Balaban J connectivity index is 3.09. The molecule has 1 N–H and O–H groups in total. The molecule has 1 unspecified atom stereocenters. The fraction of sp³-hybridized carbons (Fsp3) is 0.214. The second-order valence-electron chi connectivity index (χ2n) is 3.51. The van der Waals surface area contributed by atoms with Crippen LogP contribution in [0.1, 0.15) is 13.8 Å². The largest absolute Gasteiger partial charge is 0.309 e. The Labute approximate surface area is 91.7 Å². The van der Waals surface area contributed by atoms with E-state index in [9.17, 15) is 0 Å². The normalized spacial score (nSPS) is 26.4. The van der Waals surface area contributed by atoms with Crippen LogP contribution in [-0.2, 0) is 0 Å². The molecule has 15 heavy (non-hydrogen) atoms. The van der Waals surface area contributed by atoms with Crippen molar-refractivity contribution in [3.05, 3.63) is 59.8 Å². The zero-order valence-electron chi connectivity index (χ0n) is 9.27. The van der Waals surface area contributed by atoms with Crippen molar-refractivity contribution in [1.82, 2.24) is 0 Å². The molecule has 1 aliphatic rings. The van der Waals surface area contributed by atoms with Gasteiger partial charge in [0.05, 0.1) is 0 Å². The lowest BCUT2D eigenvalue weighted by Crippen LogP contribution is -1.82. The zero-order chi connectivity index (χ0) is 11.1. The van der Waals surface area contributed by atoms with Gasteiger partial charge in [0.1, 0.15) is 0 Å². The molecule has 0 bridgehead atoms. The van der Waals surface area contributed by atoms with E-state index in [1.165, 1.54) is 6.21 Å². The van der Waals surface area contributed by atoms with E-state index < -0.39 is 0 Å². The maximum absolute atomic E-state index is 7.12. The first kappa shape index (κ1) is 11.4. The van der Waals surface area contributed by atoms with Crippen LogP contribution in [0.5, 0.6) is 0 Å². The van der Waals surface area contributed by atoms with Crippen LogP contribution in [0.25, 0.3) is 0 Å². The summed E-state index contributed by atoms with van der Waals surface area (Å²) in [5, 5.41) is 7.12. The highest BCUT2D eigenvalue weighted by Gasteiger charge is 2.02. The molecular weight excluding hydrogens is 182 g/mol. The van der Waals surface area contributed by atoms with E-state index in [-0.39, 0.29) is 0 Å². The van der Waals surface area contributed by atoms with Gasteiger partial charge in [-0.3, -0.25) is 0 Å². The van der Waals surface area contributed by atoms with Gasteiger partial charge in [0, 0.05) is 6.21 Å². The molecule has 0 aliphatic heterocycles. The standard InChI is InChI=1S/C14H17N/c1-3-4-5-13-8-6-12(2)7-9-14(13)10-11-15/h3-12,15H,1-2H3. The highest BCUT2D eigenvalue weighted by atomic mass is 14.3. The molecule has 0 amide bonds. The maximum atomic E-state index is 7.12. The van der Waals surface area contributed by atoms with Gasteiger partial charge in [-0.15, -0.1) is 0 Å². The third-order valence-corrected chi connectivity index (χ3v) is 2.22. The van der Waals surface area contributed by atoms with Gasteiger partial charge in [-0.2, -0.15) is 0 Å². The van der Waals surface area contributed by atoms with Crippen molar-refractivity contribution >= 4 is 6.21 Å². The van der Waals surface area contributed by atoms with E-state index in [1.807, 2.05) is 25.2 Å². The molecule has 1 atom stereocenters. The summed E-state index contributed by atoms with van der Waals surface area (Å²) < 4.78 is 0. The van der Waals surface area contributed by atoms with E-state index in [4.69, 9.17) is 5.41 Å². The summed E-state index contributed by atoms with van der Waals surface area (Å²) in [6, 6.07) is 0. The van der Waals surface area contributed by atoms with Crippen molar-refractivity contribution in [2.24, 2.45) is 5.92 Å². The fourth-order valence-corrected chi connectivity index (χ4v) is 1.36. The van der Waals surface area contributed by atoms with Gasteiger partial charge in [-0.25, -0.2) is 0 Å². The Morgan fingerprint density at radius 3 is 2.27 bits per heavy atom. The summed E-state index contributed by atoms with van der Waals surface area (Å²) in [6.07, 6.45) is 17.7. The molecule has 0 aromatic rings. The molecule has 0 aromatic heterocycles. The predicted octanol–water partition coefficient (Wildman–Crippen LogP) is 3.83. The quantitative estimate of drug-likeness (QED) is 0.654. The van der Waals surface area contributed by atoms with E-state index >= 15 is 0 Å². The van der Waals surface area contributed by atoms with Crippen LogP contribution in [0.4, 0.5) is 0 Å². The lowest BCUT2D eigenvalue weighted by atomic mass is 10.1. The molecule has 0 saturated heterocycles. The van der Waals surface area contributed by atoms with Crippen LogP contribution in [0.3, 0.4) is 0 Å². The third kappa shape index (κ3) is 3.55. The highest BCUT2D eigenvalue weighted by Crippen LogP contribution is 2.19. The molecule has 0 aromatic carbocycles. The summed E-state index contributed by atoms with van der Waals surface area (Å²) in [5.41, 5.74) is 2.24. The van der Waals surface area contributed by atoms with Crippen molar-refractivity contribution in [2.45, 2.75) is 13.8 Å². The Hall–Kier alpha value is -1.63. The van der Waals surface area contributed by atoms with Gasteiger partial charge in [0.15, 0.2) is 0 Å². The molecule has 0 fully saturated rings. The Morgan fingerprint density at radius 1 is 1.13 bits per heavy atom. The van der Waals surface area contributed by atoms with E-state index in [2.05, 4.69) is 37.3 Å². The topological polar surface area (TPSA) is 23.9 Å². The van der Waals surface area contributed by atoms with Crippen LogP contribution in [0, 0.1) is 11.3 Å². The van der Waals surface area contributed by atoms with Gasteiger partial charge < -0.3 is 5.41 Å². The van der Waals surface area contributed by atoms with Crippen molar-refractivity contribution < 1.29 is 0 Å². The number of nitrogens with one attached hydrogen (secondary N) is 1. The lowest BCUT2D eigenvalue weighted by Gasteiger charge is -1.99. The number of rotatable bonds is 2. The third-order valence-electron chi connectivity index (χ3n) is 2.22. The monoisotopic (exact) mass is 199 g/mol. The molecule has 1 nitrogen and oxygen atoms in total. The van der Waals surface area contributed by atoms with E-state index in [1.54, 1.807) is 0 Å². The summed E-state index contributed by atoms with van der Waals surface area (Å²) in [4.78, 5) is 0. The Bertz CT molecular complexity index is 365. The van der Waals surface area contributed by atoms with Gasteiger partial charge in [-0.1, -0.05) is 49.5 Å². The number of hydrogen-bond acceptors (Lipinski definition) is 1. The highest BCUT2D eigenvalue weighted by molar-refractivity contribution is 5.73. The van der Waals surface area contributed by atoms with Crippen LogP contribution in [0.15, 0.2) is 59.8 Å². The first-order chi connectivity index (χ1) is 7.27. The summed E-state index contributed by atoms with van der Waals surface area (Å²) in [5.74, 6) is 0.454. The molecule has 0 saturated carbocycles. The van der Waals surface area contributed by atoms with Crippen molar-refractivity contribution in [2.75, 3.05) is 0 Å². The molecule has 1 heteroatoms. The molecular formula is C14H17N. The van der Waals surface area contributed by atoms with Crippen molar-refractivity contribution in [1.29, 1.82) is 5.41 Å². The summed E-state index contributed by atoms with van der Waals surface area (Å²) in [7, 11) is 0. The molecule has 0 radical (unpaired) electrons. The van der Waals surface area contributed by atoms with Gasteiger partial charge >= 0.3 is 0 Å². The van der Waals surface area contributed by atoms with Crippen LogP contribution < -0.4 is 0 Å². The predicted molar refractivity (Wildman–Crippen MR) is 67.2 cm³/mol. The number of allylic oxidation sites excluding steroid dienone is 10. The second-order valence-corrected chi connectivity index (χ2v) is 3.51. The van der Waals surface area contributed by atoms with Crippen molar-refractivity contribution in [3.8, 4) is 0 Å². The molecule has 0 heterocycles. The first-order valence-electron chi connectivity index (χ1n) is 5.18. The van der Waals surface area contributed by atoms with Gasteiger partial charge in [0.25, 0.3) is 0 Å². The average molecular weight is 199 g/mol. The fourth-order valence-electron chi connectivity index (χ4n) is 1.36. The van der Waals surface area contributed by atoms with Crippen LogP contribution >= 0.6 is 0 Å². The Kier molecular flexibility index (Phi) is 4.55. The molecule has 1 aliphatic carbocycles. The SMILES string of the molecule is CC=CC=C1C=CC(C)C=CC1=CC=N. The van der Waals surface area contributed by atoms with E-state index in [0.717, 1.165) is 11.1 Å². The molecule has 1 rings (SSSR count). The molecule has 0 spiro atoms. The minimum Gasteiger partial charge on any atom is -0.309 e. The summed E-state index contributed by atoms with van der Waals surface area (Å²) >= 11 is 0. The Morgan fingerprint density at radius 2 is 1.73 bits per heavy atom. The van der Waals surface area contributed by atoms with Gasteiger partial charge in [-0.05, 0) is 30.1 Å². The van der Waals surface area contributed by atoms with Crippen LogP contribution in [0.2, 0.25) is 0 Å². The average Bonchev–Trinajstić information content (AvgIpc) is 2.40. The van der Waals surface area contributed by atoms with Gasteiger partial charge in [0.2, 0.25) is 0 Å².